The van der Waals surface area contributed by atoms with Crippen LogP contribution in [0.15, 0.2) is 48.5 Å². The number of piperazine rings is 1. The predicted octanol–water partition coefficient (Wildman–Crippen LogP) is 2.25. The van der Waals surface area contributed by atoms with Crippen molar-refractivity contribution in [2.45, 2.75) is 31.3 Å². The summed E-state index contributed by atoms with van der Waals surface area (Å²) in [7, 11) is 0. The number of nitrogens with zero attached hydrogens (tertiary/aromatic N) is 2. The molecule has 0 unspecified atom stereocenters. The van der Waals surface area contributed by atoms with E-state index in [9.17, 15) is 0 Å². The van der Waals surface area contributed by atoms with Gasteiger partial charge in [-0.05, 0) is 67.8 Å². The number of hydrogen-bond acceptors (Lipinski definition) is 6. The van der Waals surface area contributed by atoms with E-state index in [-0.39, 0.29) is 11.7 Å². The van der Waals surface area contributed by atoms with Gasteiger partial charge in [-0.25, -0.2) is 0 Å². The fourth-order valence-corrected chi connectivity index (χ4v) is 4.76. The molecule has 176 valence electrons. The summed E-state index contributed by atoms with van der Waals surface area (Å²) >= 11 is 0. The van der Waals surface area contributed by atoms with Crippen LogP contribution in [0.3, 0.4) is 0 Å². The van der Waals surface area contributed by atoms with E-state index in [0.29, 0.717) is 25.3 Å². The molecule has 0 spiro atoms. The Morgan fingerprint density at radius 1 is 0.727 bits per heavy atom. The fourth-order valence-electron chi connectivity index (χ4n) is 4.76. The zero-order valence-corrected chi connectivity index (χ0v) is 19.0. The van der Waals surface area contributed by atoms with Gasteiger partial charge in [0.1, 0.15) is 23.2 Å². The molecule has 2 heterocycles. The number of rotatable bonds is 12. The van der Waals surface area contributed by atoms with Gasteiger partial charge in [-0.2, -0.15) is 0 Å². The van der Waals surface area contributed by atoms with Gasteiger partial charge in [0.2, 0.25) is 0 Å². The Balaban J connectivity index is 1.09. The molecule has 2 aromatic rings. The van der Waals surface area contributed by atoms with Gasteiger partial charge in [0.25, 0.3) is 0 Å². The van der Waals surface area contributed by atoms with Crippen molar-refractivity contribution < 1.29 is 9.47 Å². The van der Waals surface area contributed by atoms with Gasteiger partial charge in [-0.3, -0.25) is 20.6 Å². The van der Waals surface area contributed by atoms with Crippen LogP contribution in [0.5, 0.6) is 11.5 Å². The van der Waals surface area contributed by atoms with Crippen molar-refractivity contribution in [2.75, 3.05) is 39.4 Å². The van der Waals surface area contributed by atoms with E-state index in [1.807, 2.05) is 48.5 Å². The smallest absolute Gasteiger partial charge is 0.122 e. The standard InChI is InChI=1S/C25H34N6O2/c26-24(27)18-3-7-22(8-4-18)32-13-1-11-30-16-21-15-20(30)17-31(21)12-2-14-33-23-9-5-19(6-10-23)25(28)29/h3-10,20-21H,1-2,11-17H2,(H3,26,27)(H3,28,29)/t20-,21-/m0/s1. The van der Waals surface area contributed by atoms with Crippen molar-refractivity contribution in [3.8, 4) is 11.5 Å². The topological polar surface area (TPSA) is 125 Å². The average Bonchev–Trinajstić information content (AvgIpc) is 3.40. The normalized spacial score (nSPS) is 20.1. The first-order valence-corrected chi connectivity index (χ1v) is 11.6. The van der Waals surface area contributed by atoms with Crippen LogP contribution >= 0.6 is 0 Å². The number of amidine groups is 2. The highest BCUT2D eigenvalue weighted by molar-refractivity contribution is 5.95. The Bertz CT molecular complexity index is 869. The third-order valence-corrected chi connectivity index (χ3v) is 6.51. The zero-order chi connectivity index (χ0) is 23.2. The Hall–Kier alpha value is -3.10. The van der Waals surface area contributed by atoms with E-state index in [1.54, 1.807) is 0 Å². The molecule has 0 amide bonds. The molecule has 2 aliphatic rings. The Labute approximate surface area is 195 Å². The summed E-state index contributed by atoms with van der Waals surface area (Å²) in [6.45, 7) is 5.82. The third kappa shape index (κ3) is 6.03. The van der Waals surface area contributed by atoms with Crippen molar-refractivity contribution in [2.24, 2.45) is 11.5 Å². The molecule has 2 atom stereocenters. The van der Waals surface area contributed by atoms with Crippen LogP contribution in [-0.4, -0.2) is 72.9 Å². The van der Waals surface area contributed by atoms with Gasteiger partial charge in [-0.15, -0.1) is 0 Å². The monoisotopic (exact) mass is 450 g/mol. The maximum absolute atomic E-state index is 7.44. The second-order valence-corrected chi connectivity index (χ2v) is 8.81. The second kappa shape index (κ2) is 10.7. The van der Waals surface area contributed by atoms with Crippen LogP contribution in [0.25, 0.3) is 0 Å². The van der Waals surface area contributed by atoms with Crippen molar-refractivity contribution in [3.05, 3.63) is 59.7 Å². The Morgan fingerprint density at radius 3 is 1.45 bits per heavy atom. The quantitative estimate of drug-likeness (QED) is 0.223. The van der Waals surface area contributed by atoms with E-state index in [4.69, 9.17) is 31.8 Å². The lowest BCUT2D eigenvalue weighted by atomic mass is 10.2. The molecule has 4 rings (SSSR count). The molecule has 2 bridgehead atoms. The lowest BCUT2D eigenvalue weighted by Crippen LogP contribution is -2.47. The zero-order valence-electron chi connectivity index (χ0n) is 19.0. The number of benzene rings is 2. The molecule has 8 nitrogen and oxygen atoms in total. The number of nitrogens with two attached hydrogens (primary N) is 2. The summed E-state index contributed by atoms with van der Waals surface area (Å²) in [6, 6.07) is 16.1. The van der Waals surface area contributed by atoms with Gasteiger partial charge in [-0.1, -0.05) is 0 Å². The van der Waals surface area contributed by atoms with Gasteiger partial charge in [0.15, 0.2) is 0 Å². The van der Waals surface area contributed by atoms with Crippen LogP contribution < -0.4 is 20.9 Å². The lowest BCUT2D eigenvalue weighted by Gasteiger charge is -2.34. The molecule has 0 saturated carbocycles. The summed E-state index contributed by atoms with van der Waals surface area (Å²) in [5.74, 6) is 1.80. The molecular weight excluding hydrogens is 416 g/mol. The molecule has 2 aliphatic heterocycles. The lowest BCUT2D eigenvalue weighted by molar-refractivity contribution is 0.117. The highest BCUT2D eigenvalue weighted by atomic mass is 16.5. The maximum Gasteiger partial charge on any atom is 0.122 e. The van der Waals surface area contributed by atoms with Gasteiger partial charge in [0, 0.05) is 49.4 Å². The summed E-state index contributed by atoms with van der Waals surface area (Å²) in [6.07, 6.45) is 3.28. The van der Waals surface area contributed by atoms with Crippen LogP contribution in [0.1, 0.15) is 30.4 Å². The maximum atomic E-state index is 7.44. The third-order valence-electron chi connectivity index (χ3n) is 6.51. The summed E-state index contributed by atoms with van der Waals surface area (Å²) < 4.78 is 11.7. The highest BCUT2D eigenvalue weighted by Gasteiger charge is 2.42. The van der Waals surface area contributed by atoms with Crippen molar-refractivity contribution >= 4 is 11.7 Å². The molecule has 0 aromatic heterocycles. The average molecular weight is 451 g/mol. The number of ether oxygens (including phenoxy) is 2. The Kier molecular flexibility index (Phi) is 7.47. The van der Waals surface area contributed by atoms with E-state index >= 15 is 0 Å². The predicted molar refractivity (Wildman–Crippen MR) is 130 cm³/mol. The van der Waals surface area contributed by atoms with Crippen LogP contribution in [-0.2, 0) is 0 Å². The van der Waals surface area contributed by atoms with Gasteiger partial charge >= 0.3 is 0 Å². The number of likely N-dealkylation sites (tertiary alicyclic amines) is 2. The molecule has 2 saturated heterocycles. The first-order valence-electron chi connectivity index (χ1n) is 11.6. The molecular formula is C25H34N6O2. The van der Waals surface area contributed by atoms with Crippen molar-refractivity contribution in [3.63, 3.8) is 0 Å². The van der Waals surface area contributed by atoms with Crippen molar-refractivity contribution in [1.29, 1.82) is 10.8 Å². The molecule has 2 aromatic carbocycles. The molecule has 6 N–H and O–H groups in total. The molecule has 8 heteroatoms. The van der Waals surface area contributed by atoms with Gasteiger partial charge in [0.05, 0.1) is 13.2 Å². The molecule has 0 aliphatic carbocycles. The summed E-state index contributed by atoms with van der Waals surface area (Å²) in [5.41, 5.74) is 12.4. The van der Waals surface area contributed by atoms with Crippen LogP contribution in [0, 0.1) is 10.8 Å². The van der Waals surface area contributed by atoms with Crippen LogP contribution in [0.4, 0.5) is 0 Å². The molecule has 2 fully saturated rings. The SMILES string of the molecule is N=C(N)c1ccc(OCCCN2C[C@@H]3C[C@H]2CN3CCCOc2ccc(C(=N)N)cc2)cc1. The minimum absolute atomic E-state index is 0.0765. The second-order valence-electron chi connectivity index (χ2n) is 8.81. The summed E-state index contributed by atoms with van der Waals surface area (Å²) in [5, 5.41) is 14.9. The number of fused-ring (bicyclic) bond motifs is 2. The number of nitrogens with one attached hydrogen (secondary N) is 2. The molecule has 0 radical (unpaired) electrons. The van der Waals surface area contributed by atoms with Crippen LogP contribution in [0.2, 0.25) is 0 Å². The van der Waals surface area contributed by atoms with E-state index in [0.717, 1.165) is 61.6 Å². The fraction of sp³-hybridized carbons (Fsp3) is 0.440. The minimum Gasteiger partial charge on any atom is -0.494 e. The minimum atomic E-state index is 0.0765. The summed E-state index contributed by atoms with van der Waals surface area (Å²) in [4.78, 5) is 5.22. The van der Waals surface area contributed by atoms with E-state index in [1.165, 1.54) is 6.42 Å². The van der Waals surface area contributed by atoms with Crippen molar-refractivity contribution in [1.82, 2.24) is 9.80 Å². The van der Waals surface area contributed by atoms with E-state index in [2.05, 4.69) is 9.80 Å². The largest absolute Gasteiger partial charge is 0.494 e. The van der Waals surface area contributed by atoms with E-state index < -0.39 is 0 Å². The number of hydrogen-bond donors (Lipinski definition) is 4. The molecule has 33 heavy (non-hydrogen) atoms. The highest BCUT2D eigenvalue weighted by Crippen LogP contribution is 2.30. The first-order chi connectivity index (χ1) is 16.0. The first kappa shape index (κ1) is 23.1. The number of nitrogen functional groups attached to an aromatic ring is 2. The Morgan fingerprint density at radius 2 is 1.12 bits per heavy atom. The van der Waals surface area contributed by atoms with Gasteiger partial charge < -0.3 is 20.9 Å².